The third-order valence-electron chi connectivity index (χ3n) is 5.83. The van der Waals surface area contributed by atoms with Crippen LogP contribution in [-0.2, 0) is 0 Å². The van der Waals surface area contributed by atoms with Gasteiger partial charge in [0.1, 0.15) is 6.17 Å². The van der Waals surface area contributed by atoms with Crippen LogP contribution >= 0.6 is 0 Å². The van der Waals surface area contributed by atoms with Gasteiger partial charge in [-0.15, -0.1) is 0 Å². The second-order valence-electron chi connectivity index (χ2n) is 7.22. The lowest BCUT2D eigenvalue weighted by Crippen LogP contribution is -2.44. The van der Waals surface area contributed by atoms with Crippen molar-refractivity contribution < 1.29 is 1.37 Å². The molecule has 122 valence electrons. The summed E-state index contributed by atoms with van der Waals surface area (Å²) >= 11 is 0. The van der Waals surface area contributed by atoms with Gasteiger partial charge in [-0.1, -0.05) is 43.5 Å². The second-order valence-corrected chi connectivity index (χ2v) is 7.22. The first-order valence-corrected chi connectivity index (χ1v) is 9.08. The highest BCUT2D eigenvalue weighted by Crippen LogP contribution is 2.43. The van der Waals surface area contributed by atoms with Crippen LogP contribution in [0, 0.1) is 12.8 Å². The molecule has 2 heterocycles. The summed E-state index contributed by atoms with van der Waals surface area (Å²) < 4.78 is 9.31. The van der Waals surface area contributed by atoms with E-state index in [-0.39, 0.29) is 6.17 Å². The smallest absolute Gasteiger partial charge is 0.104 e. The number of rotatable bonds is 2. The molecule has 0 radical (unpaired) electrons. The fraction of sp³-hybridized carbons (Fsp3) is 0.524. The largest absolute Gasteiger partial charge is 0.343 e. The van der Waals surface area contributed by atoms with Gasteiger partial charge in [0.25, 0.3) is 0 Å². The van der Waals surface area contributed by atoms with E-state index in [0.717, 1.165) is 0 Å². The highest BCUT2D eigenvalue weighted by atomic mass is 15.4. The van der Waals surface area contributed by atoms with E-state index in [4.69, 9.17) is 0 Å². The van der Waals surface area contributed by atoms with Gasteiger partial charge in [-0.3, -0.25) is 0 Å². The minimum Gasteiger partial charge on any atom is -0.343 e. The molecular formula is C21H28N2. The Morgan fingerprint density at radius 1 is 1.09 bits per heavy atom. The fourth-order valence-corrected chi connectivity index (χ4v) is 4.64. The molecule has 2 unspecified atom stereocenters. The number of hydrogen-bond donors (Lipinski definition) is 0. The van der Waals surface area contributed by atoms with Crippen molar-refractivity contribution in [2.45, 2.75) is 65.1 Å². The quantitative estimate of drug-likeness (QED) is 0.739. The molecule has 0 aromatic heterocycles. The van der Waals surface area contributed by atoms with Crippen LogP contribution in [0.3, 0.4) is 0 Å². The molecule has 2 nitrogen and oxygen atoms in total. The third-order valence-corrected chi connectivity index (χ3v) is 5.83. The van der Waals surface area contributed by atoms with E-state index in [9.17, 15) is 1.37 Å². The zero-order valence-electron chi connectivity index (χ0n) is 15.5. The van der Waals surface area contributed by atoms with E-state index in [0.29, 0.717) is 5.92 Å². The SMILES string of the molecule is [2H]C1(C2CCCCC2)C=CC2=C(C)N(c3ccccc3C)C(C)N21. The number of hydrogen-bond acceptors (Lipinski definition) is 2. The van der Waals surface area contributed by atoms with Crippen molar-refractivity contribution in [3.8, 4) is 0 Å². The topological polar surface area (TPSA) is 6.48 Å². The standard InChI is InChI=1S/C21H28N2/c1-15-9-7-8-12-19(15)22-16(2)20-13-14-21(23(20)17(22)3)18-10-5-4-6-11-18/h7-9,12-14,17-18,21H,4-6,10-11H2,1-3H3/i21D. The molecule has 4 rings (SSSR count). The number of anilines is 1. The van der Waals surface area contributed by atoms with Gasteiger partial charge in [-0.25, -0.2) is 0 Å². The molecule has 1 fully saturated rings. The molecule has 1 aromatic rings. The van der Waals surface area contributed by atoms with Crippen molar-refractivity contribution in [1.82, 2.24) is 4.90 Å². The number of nitrogens with zero attached hydrogens (tertiary/aromatic N) is 2. The van der Waals surface area contributed by atoms with Gasteiger partial charge in [0.15, 0.2) is 0 Å². The van der Waals surface area contributed by atoms with Crippen LogP contribution in [0.5, 0.6) is 0 Å². The maximum Gasteiger partial charge on any atom is 0.104 e. The van der Waals surface area contributed by atoms with Crippen molar-refractivity contribution in [2.75, 3.05) is 4.90 Å². The summed E-state index contributed by atoms with van der Waals surface area (Å²) in [6, 6.07) is 8.01. The molecule has 1 aliphatic carbocycles. The molecule has 23 heavy (non-hydrogen) atoms. The van der Waals surface area contributed by atoms with E-state index in [1.165, 1.54) is 54.7 Å². The van der Waals surface area contributed by atoms with Gasteiger partial charge in [0, 0.05) is 11.4 Å². The summed E-state index contributed by atoms with van der Waals surface area (Å²) in [5.74, 6) is 0.451. The third kappa shape index (κ3) is 2.31. The fourth-order valence-electron chi connectivity index (χ4n) is 4.64. The molecular weight excluding hydrogens is 280 g/mol. The van der Waals surface area contributed by atoms with Crippen LogP contribution in [0.1, 0.15) is 52.9 Å². The highest BCUT2D eigenvalue weighted by Gasteiger charge is 2.42. The monoisotopic (exact) mass is 309 g/mol. The molecule has 1 saturated carbocycles. The molecule has 0 N–H and O–H groups in total. The van der Waals surface area contributed by atoms with E-state index in [1.807, 2.05) is 0 Å². The Morgan fingerprint density at radius 3 is 2.57 bits per heavy atom. The second kappa shape index (κ2) is 5.74. The Kier molecular flexibility index (Phi) is 3.42. The van der Waals surface area contributed by atoms with Crippen LogP contribution in [0.2, 0.25) is 0 Å². The predicted octanol–water partition coefficient (Wildman–Crippen LogP) is 5.21. The molecule has 0 amide bonds. The van der Waals surface area contributed by atoms with Crippen LogP contribution < -0.4 is 4.90 Å². The Labute approximate surface area is 141 Å². The van der Waals surface area contributed by atoms with Crippen molar-refractivity contribution in [2.24, 2.45) is 5.92 Å². The average molecular weight is 309 g/mol. The van der Waals surface area contributed by atoms with E-state index in [1.54, 1.807) is 0 Å². The summed E-state index contributed by atoms with van der Waals surface area (Å²) in [5, 5.41) is 0. The molecule has 0 bridgehead atoms. The minimum absolute atomic E-state index is 0.190. The van der Waals surface area contributed by atoms with E-state index < -0.39 is 6.02 Å². The Hall–Kier alpha value is -1.70. The van der Waals surface area contributed by atoms with Gasteiger partial charge in [0.2, 0.25) is 0 Å². The Bertz CT molecular complexity index is 702. The first-order chi connectivity index (χ1) is 11.5. The lowest BCUT2D eigenvalue weighted by atomic mass is 9.83. The summed E-state index contributed by atoms with van der Waals surface area (Å²) in [4.78, 5) is 4.78. The van der Waals surface area contributed by atoms with E-state index >= 15 is 0 Å². The number of allylic oxidation sites excluding steroid dienone is 2. The van der Waals surface area contributed by atoms with Crippen LogP contribution in [0.4, 0.5) is 5.69 Å². The van der Waals surface area contributed by atoms with E-state index in [2.05, 4.69) is 67.0 Å². The molecule has 3 aliphatic rings. The number of benzene rings is 1. The molecule has 0 spiro atoms. The van der Waals surface area contributed by atoms with Crippen LogP contribution in [0.25, 0.3) is 0 Å². The molecule has 0 saturated heterocycles. The lowest BCUT2D eigenvalue weighted by molar-refractivity contribution is 0.176. The van der Waals surface area contributed by atoms with Crippen LogP contribution in [-0.4, -0.2) is 17.1 Å². The van der Waals surface area contributed by atoms with Gasteiger partial charge in [-0.05, 0) is 57.2 Å². The van der Waals surface area contributed by atoms with Gasteiger partial charge in [-0.2, -0.15) is 0 Å². The highest BCUT2D eigenvalue weighted by molar-refractivity contribution is 5.62. The maximum atomic E-state index is 9.31. The maximum absolute atomic E-state index is 9.31. The van der Waals surface area contributed by atoms with Crippen molar-refractivity contribution >= 4 is 5.69 Å². The summed E-state index contributed by atoms with van der Waals surface area (Å²) in [6.45, 7) is 6.63. The molecule has 2 heteroatoms. The molecule has 1 aromatic carbocycles. The first-order valence-electron chi connectivity index (χ1n) is 9.58. The van der Waals surface area contributed by atoms with Crippen molar-refractivity contribution in [3.63, 3.8) is 0 Å². The first kappa shape index (κ1) is 13.7. The average Bonchev–Trinajstić information content (AvgIpc) is 3.07. The van der Waals surface area contributed by atoms with Crippen molar-refractivity contribution in [1.29, 1.82) is 0 Å². The zero-order valence-corrected chi connectivity index (χ0v) is 14.5. The predicted molar refractivity (Wildman–Crippen MR) is 97.2 cm³/mol. The number of para-hydroxylation sites is 1. The Morgan fingerprint density at radius 2 is 1.83 bits per heavy atom. The number of aryl methyl sites for hydroxylation is 1. The molecule has 2 aliphatic heterocycles. The van der Waals surface area contributed by atoms with Crippen molar-refractivity contribution in [3.05, 3.63) is 53.4 Å². The summed E-state index contributed by atoms with van der Waals surface area (Å²) in [6.07, 6.45) is 10.8. The summed E-state index contributed by atoms with van der Waals surface area (Å²) in [5.41, 5.74) is 5.08. The summed E-state index contributed by atoms with van der Waals surface area (Å²) in [7, 11) is 0. The molecule has 2 atom stereocenters. The Balaban J connectivity index is 1.72. The van der Waals surface area contributed by atoms with Gasteiger partial charge < -0.3 is 9.80 Å². The van der Waals surface area contributed by atoms with Gasteiger partial charge in [0.05, 0.1) is 13.1 Å². The lowest BCUT2D eigenvalue weighted by Gasteiger charge is -2.39. The number of fused-ring (bicyclic) bond motifs is 1. The van der Waals surface area contributed by atoms with Crippen LogP contribution in [0.15, 0.2) is 47.8 Å². The minimum atomic E-state index is -0.576. The normalized spacial score (nSPS) is 31.8. The zero-order chi connectivity index (χ0) is 16.9. The van der Waals surface area contributed by atoms with Gasteiger partial charge >= 0.3 is 0 Å².